The number of aromatic nitrogens is 1. The molecule has 0 aliphatic carbocycles. The molecule has 0 N–H and O–H groups in total. The topological polar surface area (TPSA) is 70.8 Å². The minimum atomic E-state index is -0.495. The van der Waals surface area contributed by atoms with Crippen molar-refractivity contribution in [2.45, 2.75) is 20.5 Å². The van der Waals surface area contributed by atoms with Gasteiger partial charge in [-0.1, -0.05) is 23.4 Å². The summed E-state index contributed by atoms with van der Waals surface area (Å²) in [5.74, 6) is 1.21. The van der Waals surface area contributed by atoms with Crippen molar-refractivity contribution >= 4 is 12.0 Å². The van der Waals surface area contributed by atoms with Crippen LogP contribution in [0.3, 0.4) is 0 Å². The summed E-state index contributed by atoms with van der Waals surface area (Å²) in [6, 6.07) is 7.17. The van der Waals surface area contributed by atoms with Gasteiger partial charge in [-0.3, -0.25) is 0 Å². The standard InChI is InChI=1S/C17H19NO5/c1-4-5-13-6-7-15(16(9-13)20-3)21-11-17(19)22-10-14-8-12(2)23-18-14/h4-9H,10-11H2,1-3H3/b5-4+. The van der Waals surface area contributed by atoms with E-state index in [9.17, 15) is 4.79 Å². The van der Waals surface area contributed by atoms with Gasteiger partial charge in [0.25, 0.3) is 0 Å². The Kier molecular flexibility index (Phi) is 5.80. The van der Waals surface area contributed by atoms with Crippen LogP contribution >= 0.6 is 0 Å². The van der Waals surface area contributed by atoms with E-state index in [1.54, 1.807) is 26.2 Å². The molecule has 122 valence electrons. The van der Waals surface area contributed by atoms with Gasteiger partial charge in [0.05, 0.1) is 7.11 Å². The summed E-state index contributed by atoms with van der Waals surface area (Å²) in [7, 11) is 1.55. The number of allylic oxidation sites excluding steroid dienone is 1. The van der Waals surface area contributed by atoms with Crippen molar-refractivity contribution in [2.75, 3.05) is 13.7 Å². The highest BCUT2D eigenvalue weighted by Crippen LogP contribution is 2.28. The maximum absolute atomic E-state index is 11.7. The van der Waals surface area contributed by atoms with Crippen molar-refractivity contribution in [3.63, 3.8) is 0 Å². The number of hydrogen-bond donors (Lipinski definition) is 0. The number of nitrogens with zero attached hydrogens (tertiary/aromatic N) is 1. The minimum Gasteiger partial charge on any atom is -0.493 e. The number of carbonyl (C=O) groups is 1. The molecule has 2 rings (SSSR count). The van der Waals surface area contributed by atoms with Crippen LogP contribution in [0.2, 0.25) is 0 Å². The van der Waals surface area contributed by atoms with Crippen molar-refractivity contribution in [3.8, 4) is 11.5 Å². The fraction of sp³-hybridized carbons (Fsp3) is 0.294. The molecule has 23 heavy (non-hydrogen) atoms. The molecule has 1 heterocycles. The predicted molar refractivity (Wildman–Crippen MR) is 84.2 cm³/mol. The zero-order valence-corrected chi connectivity index (χ0v) is 13.4. The second-order valence-corrected chi connectivity index (χ2v) is 4.79. The fourth-order valence-corrected chi connectivity index (χ4v) is 1.92. The van der Waals surface area contributed by atoms with Gasteiger partial charge >= 0.3 is 5.97 Å². The summed E-state index contributed by atoms with van der Waals surface area (Å²) >= 11 is 0. The highest BCUT2D eigenvalue weighted by molar-refractivity contribution is 5.71. The maximum Gasteiger partial charge on any atom is 0.344 e. The molecule has 0 saturated heterocycles. The maximum atomic E-state index is 11.7. The smallest absolute Gasteiger partial charge is 0.344 e. The number of carbonyl (C=O) groups excluding carboxylic acids is 1. The van der Waals surface area contributed by atoms with Crippen molar-refractivity contribution in [1.29, 1.82) is 0 Å². The Bertz CT molecular complexity index is 690. The molecule has 0 spiro atoms. The number of hydrogen-bond acceptors (Lipinski definition) is 6. The molecule has 0 aliphatic heterocycles. The molecular weight excluding hydrogens is 298 g/mol. The molecular formula is C17H19NO5. The van der Waals surface area contributed by atoms with E-state index in [4.69, 9.17) is 18.7 Å². The number of esters is 1. The Hall–Kier alpha value is -2.76. The van der Waals surface area contributed by atoms with E-state index in [-0.39, 0.29) is 13.2 Å². The third-order valence-electron chi connectivity index (χ3n) is 2.95. The molecule has 0 saturated carbocycles. The number of benzene rings is 1. The van der Waals surface area contributed by atoms with Crippen LogP contribution in [0.15, 0.2) is 34.9 Å². The van der Waals surface area contributed by atoms with E-state index in [0.717, 1.165) is 5.56 Å². The van der Waals surface area contributed by atoms with Crippen LogP contribution in [0.25, 0.3) is 6.08 Å². The van der Waals surface area contributed by atoms with E-state index in [1.165, 1.54) is 0 Å². The van der Waals surface area contributed by atoms with Gasteiger partial charge in [0.2, 0.25) is 0 Å². The minimum absolute atomic E-state index is 0.0525. The molecule has 2 aromatic rings. The summed E-state index contributed by atoms with van der Waals surface area (Å²) in [4.78, 5) is 11.7. The molecule has 6 heteroatoms. The van der Waals surface area contributed by atoms with E-state index in [2.05, 4.69) is 5.16 Å². The molecule has 0 atom stereocenters. The zero-order valence-electron chi connectivity index (χ0n) is 13.4. The van der Waals surface area contributed by atoms with Gasteiger partial charge in [-0.05, 0) is 31.5 Å². The first-order chi connectivity index (χ1) is 11.1. The van der Waals surface area contributed by atoms with Gasteiger partial charge in [-0.15, -0.1) is 0 Å². The lowest BCUT2D eigenvalue weighted by Gasteiger charge is -2.11. The van der Waals surface area contributed by atoms with Gasteiger partial charge in [0.15, 0.2) is 18.1 Å². The Morgan fingerprint density at radius 2 is 2.13 bits per heavy atom. The third kappa shape index (κ3) is 4.88. The number of aryl methyl sites for hydroxylation is 1. The SMILES string of the molecule is C/C=C/c1ccc(OCC(=O)OCc2cc(C)on2)c(OC)c1. The quantitative estimate of drug-likeness (QED) is 0.731. The molecule has 0 fully saturated rings. The van der Waals surface area contributed by atoms with Crippen molar-refractivity contribution in [1.82, 2.24) is 5.16 Å². The van der Waals surface area contributed by atoms with Gasteiger partial charge in [0.1, 0.15) is 18.1 Å². The highest BCUT2D eigenvalue weighted by Gasteiger charge is 2.10. The summed E-state index contributed by atoms with van der Waals surface area (Å²) in [5, 5.41) is 3.74. The van der Waals surface area contributed by atoms with Crippen LogP contribution in [0.5, 0.6) is 11.5 Å². The van der Waals surface area contributed by atoms with E-state index in [0.29, 0.717) is 23.0 Å². The Morgan fingerprint density at radius 3 is 2.78 bits per heavy atom. The summed E-state index contributed by atoms with van der Waals surface area (Å²) in [6.45, 7) is 3.54. The first-order valence-corrected chi connectivity index (χ1v) is 7.13. The molecule has 0 unspecified atom stereocenters. The molecule has 1 aromatic carbocycles. The first kappa shape index (κ1) is 16.6. The van der Waals surface area contributed by atoms with E-state index < -0.39 is 5.97 Å². The molecule has 1 aromatic heterocycles. The van der Waals surface area contributed by atoms with Gasteiger partial charge in [-0.25, -0.2) is 4.79 Å². The van der Waals surface area contributed by atoms with E-state index >= 15 is 0 Å². The lowest BCUT2D eigenvalue weighted by Crippen LogP contribution is -2.15. The van der Waals surface area contributed by atoms with Crippen LogP contribution in [0, 0.1) is 6.92 Å². The number of methoxy groups -OCH3 is 1. The van der Waals surface area contributed by atoms with Gasteiger partial charge < -0.3 is 18.7 Å². The van der Waals surface area contributed by atoms with Crippen LogP contribution in [-0.4, -0.2) is 24.8 Å². The second-order valence-electron chi connectivity index (χ2n) is 4.79. The summed E-state index contributed by atoms with van der Waals surface area (Å²) in [6.07, 6.45) is 3.87. The molecule has 0 amide bonds. The predicted octanol–water partition coefficient (Wildman–Crippen LogP) is 3.15. The molecule has 0 radical (unpaired) electrons. The molecule has 0 aliphatic rings. The second kappa shape index (κ2) is 8.03. The lowest BCUT2D eigenvalue weighted by molar-refractivity contribution is -0.147. The van der Waals surface area contributed by atoms with Crippen molar-refractivity contribution in [2.24, 2.45) is 0 Å². The number of rotatable bonds is 7. The Labute approximate surface area is 134 Å². The van der Waals surface area contributed by atoms with Crippen molar-refractivity contribution < 1.29 is 23.5 Å². The van der Waals surface area contributed by atoms with Gasteiger partial charge in [0, 0.05) is 6.07 Å². The monoisotopic (exact) mass is 317 g/mol. The zero-order chi connectivity index (χ0) is 16.7. The van der Waals surface area contributed by atoms with Crippen LogP contribution in [-0.2, 0) is 16.1 Å². The highest BCUT2D eigenvalue weighted by atomic mass is 16.6. The first-order valence-electron chi connectivity index (χ1n) is 7.13. The van der Waals surface area contributed by atoms with Crippen LogP contribution < -0.4 is 9.47 Å². The fourth-order valence-electron chi connectivity index (χ4n) is 1.92. The third-order valence-corrected chi connectivity index (χ3v) is 2.95. The van der Waals surface area contributed by atoms with Gasteiger partial charge in [-0.2, -0.15) is 0 Å². The van der Waals surface area contributed by atoms with Crippen molar-refractivity contribution in [3.05, 3.63) is 47.4 Å². The average Bonchev–Trinajstić information content (AvgIpc) is 2.97. The van der Waals surface area contributed by atoms with Crippen LogP contribution in [0.1, 0.15) is 23.9 Å². The molecule has 0 bridgehead atoms. The van der Waals surface area contributed by atoms with Crippen LogP contribution in [0.4, 0.5) is 0 Å². The summed E-state index contributed by atoms with van der Waals surface area (Å²) < 4.78 is 20.7. The normalized spacial score (nSPS) is 10.7. The molecule has 6 nitrogen and oxygen atoms in total. The Balaban J connectivity index is 1.88. The summed E-state index contributed by atoms with van der Waals surface area (Å²) in [5.41, 5.74) is 1.55. The largest absolute Gasteiger partial charge is 0.493 e. The Morgan fingerprint density at radius 1 is 1.30 bits per heavy atom. The number of ether oxygens (including phenoxy) is 3. The lowest BCUT2D eigenvalue weighted by atomic mass is 10.2. The average molecular weight is 317 g/mol. The van der Waals surface area contributed by atoms with E-state index in [1.807, 2.05) is 31.2 Å².